The summed E-state index contributed by atoms with van der Waals surface area (Å²) in [6.07, 6.45) is 117. The van der Waals surface area contributed by atoms with Crippen LogP contribution in [0.1, 0.15) is 539 Å². The zero-order valence-electron chi connectivity index (χ0n) is 70.6. The monoisotopic (exact) mass is 1520 g/mol. The maximum absolute atomic E-state index is 11.0. The number of rotatable bonds is 84. The van der Waals surface area contributed by atoms with Gasteiger partial charge in [-0.1, -0.05) is 539 Å². The Hall–Kier alpha value is -0.974. The Bertz CT molecular complexity index is 2050. The van der Waals surface area contributed by atoms with Gasteiger partial charge < -0.3 is 9.11 Å². The summed E-state index contributed by atoms with van der Waals surface area (Å²) < 4.78 is 66.1. The Morgan fingerprint density at radius 1 is 0.171 bits per heavy atom. The third-order valence-electron chi connectivity index (χ3n) is 23.1. The maximum atomic E-state index is 11.0. The zero-order chi connectivity index (χ0) is 74.9. The van der Waals surface area contributed by atoms with Crippen molar-refractivity contribution in [1.82, 2.24) is 0 Å². The number of unbranched alkanes of at least 4 members (excludes halogenated alkanes) is 78. The second-order valence-electron chi connectivity index (χ2n) is 33.3. The smallest absolute Gasteiger partial charge is 0.744 e. The summed E-state index contributed by atoms with van der Waals surface area (Å²) in [5.41, 5.74) is 2.23. The minimum Gasteiger partial charge on any atom is -0.744 e. The molecular formula is C96H178MgO6S2. The van der Waals surface area contributed by atoms with Crippen molar-refractivity contribution >= 4 is 43.3 Å². The van der Waals surface area contributed by atoms with Gasteiger partial charge in [0.1, 0.15) is 20.2 Å². The molecule has 0 bridgehead atoms. The molecule has 9 heteroatoms. The van der Waals surface area contributed by atoms with Crippen LogP contribution in [0.5, 0.6) is 0 Å². The van der Waals surface area contributed by atoms with E-state index in [2.05, 4.69) is 13.8 Å². The summed E-state index contributed by atoms with van der Waals surface area (Å²) in [5.74, 6) is 0. The number of benzene rings is 2. The van der Waals surface area contributed by atoms with Crippen LogP contribution in [0.3, 0.4) is 0 Å². The summed E-state index contributed by atoms with van der Waals surface area (Å²) in [5, 5.41) is 0. The van der Waals surface area contributed by atoms with E-state index in [0.717, 1.165) is 36.8 Å². The van der Waals surface area contributed by atoms with Crippen molar-refractivity contribution in [1.29, 1.82) is 0 Å². The van der Waals surface area contributed by atoms with Crippen LogP contribution in [0, 0.1) is 0 Å². The molecule has 105 heavy (non-hydrogen) atoms. The normalized spacial score (nSPS) is 11.8. The molecule has 0 atom stereocenters. The molecule has 0 aliphatic heterocycles. The standard InChI is InChI=1S/2C48H90O3S.Mg/c2*1-2-3-4-5-6-7-8-9-10-11-12-13-14-15-16-17-18-19-20-21-22-23-24-25-26-27-28-29-30-31-32-33-34-35-36-37-38-39-40-41-42-47-43-45-48(46-44-47)52(49,50)51;/h2*43-46H,2-42H2,1H3,(H,49,50,51);/q;;+2/p-2. The van der Waals surface area contributed by atoms with Gasteiger partial charge in [-0.2, -0.15) is 0 Å². The van der Waals surface area contributed by atoms with E-state index in [1.54, 1.807) is 24.3 Å². The van der Waals surface area contributed by atoms with Gasteiger partial charge in [0.2, 0.25) is 0 Å². The summed E-state index contributed by atoms with van der Waals surface area (Å²) in [6.45, 7) is 4.61. The molecule has 0 spiro atoms. The van der Waals surface area contributed by atoms with E-state index < -0.39 is 20.2 Å². The van der Waals surface area contributed by atoms with Gasteiger partial charge >= 0.3 is 23.1 Å². The van der Waals surface area contributed by atoms with E-state index in [1.807, 2.05) is 0 Å². The molecule has 2 aromatic carbocycles. The molecule has 0 aliphatic rings. The molecule has 0 N–H and O–H groups in total. The van der Waals surface area contributed by atoms with E-state index in [9.17, 15) is 25.9 Å². The minimum absolute atomic E-state index is 0. The first-order chi connectivity index (χ1) is 51.1. The third kappa shape index (κ3) is 79.5. The van der Waals surface area contributed by atoms with Gasteiger partial charge in [-0.05, 0) is 61.1 Å². The molecule has 0 aliphatic carbocycles. The minimum atomic E-state index is -4.33. The Labute approximate surface area is 674 Å². The van der Waals surface area contributed by atoms with Gasteiger partial charge in [0, 0.05) is 0 Å². The van der Waals surface area contributed by atoms with E-state index in [0.29, 0.717) is 0 Å². The molecule has 0 fully saturated rings. The number of hydrogen-bond donors (Lipinski definition) is 0. The van der Waals surface area contributed by atoms with Crippen molar-refractivity contribution in [3.63, 3.8) is 0 Å². The second-order valence-corrected chi connectivity index (χ2v) is 36.0. The van der Waals surface area contributed by atoms with Crippen LogP contribution in [0.15, 0.2) is 58.3 Å². The Morgan fingerprint density at radius 3 is 0.362 bits per heavy atom. The van der Waals surface area contributed by atoms with Gasteiger partial charge in [0.05, 0.1) is 9.79 Å². The van der Waals surface area contributed by atoms with E-state index >= 15 is 0 Å². The van der Waals surface area contributed by atoms with Gasteiger partial charge in [0.25, 0.3) is 0 Å². The molecule has 0 saturated carbocycles. The van der Waals surface area contributed by atoms with E-state index in [1.165, 1.54) is 525 Å². The summed E-state index contributed by atoms with van der Waals surface area (Å²) in [4.78, 5) is -0.263. The van der Waals surface area contributed by atoms with Gasteiger partial charge in [-0.25, -0.2) is 16.8 Å². The Morgan fingerprint density at radius 2 is 0.267 bits per heavy atom. The van der Waals surface area contributed by atoms with Crippen LogP contribution in [-0.2, 0) is 33.1 Å². The third-order valence-corrected chi connectivity index (χ3v) is 24.8. The average molecular weight is 1520 g/mol. The van der Waals surface area contributed by atoms with Crippen LogP contribution < -0.4 is 0 Å². The van der Waals surface area contributed by atoms with Gasteiger partial charge in [-0.3, -0.25) is 0 Å². The van der Waals surface area contributed by atoms with Crippen molar-refractivity contribution in [2.45, 2.75) is 550 Å². The maximum Gasteiger partial charge on any atom is 2.00 e. The Balaban J connectivity index is 0.00000204. The molecular weight excluding hydrogens is 1340 g/mol. The van der Waals surface area contributed by atoms with Crippen molar-refractivity contribution in [2.75, 3.05) is 0 Å². The fourth-order valence-corrected chi connectivity index (χ4v) is 16.8. The van der Waals surface area contributed by atoms with Crippen LogP contribution in [0.25, 0.3) is 0 Å². The predicted molar refractivity (Wildman–Crippen MR) is 463 cm³/mol. The quantitative estimate of drug-likeness (QED) is 0.0370. The molecule has 612 valence electrons. The summed E-state index contributed by atoms with van der Waals surface area (Å²) in [6, 6.07) is 12.8. The SMILES string of the molecule is CCCCCCCCCCCCCCCCCCCCCCCCCCCCCCCCCCCCCCCCCCc1ccc(S(=O)(=O)[O-])cc1.CCCCCCCCCCCCCCCCCCCCCCCCCCCCCCCCCCCCCCCCCCc1ccc(S(=O)(=O)[O-])cc1.[Mg+2]. The summed E-state index contributed by atoms with van der Waals surface area (Å²) >= 11 is 0. The topological polar surface area (TPSA) is 114 Å². The molecule has 0 heterocycles. The fourth-order valence-electron chi connectivity index (χ4n) is 15.9. The molecule has 2 rings (SSSR count). The summed E-state index contributed by atoms with van der Waals surface area (Å²) in [7, 11) is -8.67. The average Bonchev–Trinajstić information content (AvgIpc) is 0.873. The van der Waals surface area contributed by atoms with Crippen molar-refractivity contribution in [2.24, 2.45) is 0 Å². The van der Waals surface area contributed by atoms with Crippen molar-refractivity contribution in [3.05, 3.63) is 59.7 Å². The molecule has 2 aromatic rings. The van der Waals surface area contributed by atoms with Crippen LogP contribution in [0.2, 0.25) is 0 Å². The van der Waals surface area contributed by atoms with E-state index in [4.69, 9.17) is 0 Å². The number of aryl methyl sites for hydroxylation is 2. The van der Waals surface area contributed by atoms with Gasteiger partial charge in [-0.15, -0.1) is 0 Å². The first-order valence-electron chi connectivity index (χ1n) is 47.2. The van der Waals surface area contributed by atoms with Crippen LogP contribution >= 0.6 is 0 Å². The first kappa shape index (κ1) is 104. The molecule has 0 radical (unpaired) electrons. The largest absolute Gasteiger partial charge is 2.00 e. The molecule has 0 aromatic heterocycles. The molecule has 0 unspecified atom stereocenters. The van der Waals surface area contributed by atoms with Crippen LogP contribution in [0.4, 0.5) is 0 Å². The predicted octanol–water partition coefficient (Wildman–Crippen LogP) is 33.1. The molecule has 6 nitrogen and oxygen atoms in total. The van der Waals surface area contributed by atoms with E-state index in [-0.39, 0.29) is 32.8 Å². The van der Waals surface area contributed by atoms with Gasteiger partial charge in [0.15, 0.2) is 0 Å². The van der Waals surface area contributed by atoms with Crippen molar-refractivity contribution in [3.8, 4) is 0 Å². The molecule has 0 amide bonds. The Kier molecular flexibility index (Phi) is 83.2. The number of hydrogen-bond acceptors (Lipinski definition) is 6. The molecule has 0 saturated heterocycles. The van der Waals surface area contributed by atoms with Crippen LogP contribution in [-0.4, -0.2) is 49.0 Å². The fraction of sp³-hybridized carbons (Fsp3) is 0.875. The first-order valence-corrected chi connectivity index (χ1v) is 50.0. The van der Waals surface area contributed by atoms with Crippen molar-refractivity contribution < 1.29 is 25.9 Å². The zero-order valence-corrected chi connectivity index (χ0v) is 73.6. The second kappa shape index (κ2) is 83.9.